The highest BCUT2D eigenvalue weighted by Gasteiger charge is 2.33. The number of ether oxygens (including phenoxy) is 1. The van der Waals surface area contributed by atoms with E-state index in [0.717, 1.165) is 17.1 Å². The lowest BCUT2D eigenvalue weighted by Gasteiger charge is -2.12. The first kappa shape index (κ1) is 17.8. The Morgan fingerprint density at radius 1 is 1.17 bits per heavy atom. The summed E-state index contributed by atoms with van der Waals surface area (Å²) in [5.74, 6) is 0. The molecule has 0 amide bonds. The van der Waals surface area contributed by atoms with E-state index in [1.165, 1.54) is 18.5 Å². The van der Waals surface area contributed by atoms with Gasteiger partial charge < -0.3 is 4.74 Å². The molecule has 148 valence electrons. The van der Waals surface area contributed by atoms with E-state index in [-0.39, 0.29) is 17.2 Å². The first-order chi connectivity index (χ1) is 13.9. The molecule has 1 aliphatic rings. The molecule has 0 N–H and O–H groups in total. The van der Waals surface area contributed by atoms with E-state index in [2.05, 4.69) is 15.1 Å². The SMILES string of the molecule is O=c1c2nn(C3CCOC3)cc2c2ccc(C(F)(F)F)nc2n1-c1cccnc1. The zero-order valence-electron chi connectivity index (χ0n) is 14.9. The number of nitrogens with zero attached hydrogens (tertiary/aromatic N) is 5. The number of aromatic nitrogens is 5. The van der Waals surface area contributed by atoms with Crippen molar-refractivity contribution in [2.45, 2.75) is 18.6 Å². The van der Waals surface area contributed by atoms with Crippen molar-refractivity contribution in [2.75, 3.05) is 13.2 Å². The molecule has 0 radical (unpaired) electrons. The Bertz CT molecular complexity index is 1270. The van der Waals surface area contributed by atoms with Crippen LogP contribution >= 0.6 is 0 Å². The third-order valence-electron chi connectivity index (χ3n) is 4.99. The summed E-state index contributed by atoms with van der Waals surface area (Å²) in [5, 5.41) is 5.30. The van der Waals surface area contributed by atoms with Crippen molar-refractivity contribution >= 4 is 21.9 Å². The summed E-state index contributed by atoms with van der Waals surface area (Å²) in [6.07, 6.45) is 0.708. The highest BCUT2D eigenvalue weighted by molar-refractivity contribution is 6.03. The minimum atomic E-state index is -4.63. The van der Waals surface area contributed by atoms with Gasteiger partial charge in [0.25, 0.3) is 5.56 Å². The van der Waals surface area contributed by atoms with Crippen molar-refractivity contribution in [3.63, 3.8) is 0 Å². The monoisotopic (exact) mass is 401 g/mol. The molecule has 1 atom stereocenters. The highest BCUT2D eigenvalue weighted by Crippen LogP contribution is 2.31. The molecule has 4 aromatic rings. The fourth-order valence-corrected chi connectivity index (χ4v) is 3.58. The number of hydrogen-bond donors (Lipinski definition) is 0. The second kappa shape index (κ2) is 6.38. The van der Waals surface area contributed by atoms with Crippen LogP contribution in [0.5, 0.6) is 0 Å². The van der Waals surface area contributed by atoms with E-state index in [9.17, 15) is 18.0 Å². The molecule has 0 bridgehead atoms. The molecule has 10 heteroatoms. The minimum absolute atomic E-state index is 0.0221. The highest BCUT2D eigenvalue weighted by atomic mass is 19.4. The van der Waals surface area contributed by atoms with Crippen LogP contribution in [-0.2, 0) is 10.9 Å². The standard InChI is InChI=1S/C19H14F3N5O2/c20-19(21,22)15-4-3-13-14-9-26(12-5-7-29-10-12)25-16(14)18(28)27(17(13)24-15)11-2-1-6-23-8-11/h1-4,6,8-9,12H,5,7,10H2. The summed E-state index contributed by atoms with van der Waals surface area (Å²) in [4.78, 5) is 21.0. The molecule has 0 aromatic carbocycles. The lowest BCUT2D eigenvalue weighted by Crippen LogP contribution is -2.21. The molecule has 7 nitrogen and oxygen atoms in total. The Hall–Kier alpha value is -3.27. The van der Waals surface area contributed by atoms with Gasteiger partial charge in [0.15, 0.2) is 5.52 Å². The largest absolute Gasteiger partial charge is 0.433 e. The molecule has 1 saturated heterocycles. The lowest BCUT2D eigenvalue weighted by atomic mass is 10.1. The van der Waals surface area contributed by atoms with Gasteiger partial charge in [0.2, 0.25) is 0 Å². The Balaban J connectivity index is 1.88. The number of hydrogen-bond acceptors (Lipinski definition) is 5. The van der Waals surface area contributed by atoms with Crippen LogP contribution in [0.1, 0.15) is 18.2 Å². The van der Waals surface area contributed by atoms with Crippen LogP contribution in [0.25, 0.3) is 27.6 Å². The predicted octanol–water partition coefficient (Wildman–Crippen LogP) is 3.11. The summed E-state index contributed by atoms with van der Waals surface area (Å²) in [6.45, 7) is 1.07. The molecule has 5 heterocycles. The van der Waals surface area contributed by atoms with E-state index in [1.54, 1.807) is 23.0 Å². The van der Waals surface area contributed by atoms with Gasteiger partial charge in [-0.05, 0) is 30.7 Å². The first-order valence-electron chi connectivity index (χ1n) is 8.93. The summed E-state index contributed by atoms with van der Waals surface area (Å²) < 4.78 is 48.0. The second-order valence-electron chi connectivity index (χ2n) is 6.81. The van der Waals surface area contributed by atoms with Crippen LogP contribution in [0, 0.1) is 0 Å². The van der Waals surface area contributed by atoms with Crippen LogP contribution in [0.4, 0.5) is 13.2 Å². The third-order valence-corrected chi connectivity index (χ3v) is 4.99. The zero-order valence-corrected chi connectivity index (χ0v) is 14.9. The molecule has 5 rings (SSSR count). The van der Waals surface area contributed by atoms with Crippen molar-refractivity contribution in [1.29, 1.82) is 0 Å². The third kappa shape index (κ3) is 2.87. The molecule has 1 fully saturated rings. The lowest BCUT2D eigenvalue weighted by molar-refractivity contribution is -0.141. The molecular formula is C19H14F3N5O2. The van der Waals surface area contributed by atoms with Gasteiger partial charge in [-0.2, -0.15) is 18.3 Å². The predicted molar refractivity (Wildman–Crippen MR) is 97.9 cm³/mol. The summed E-state index contributed by atoms with van der Waals surface area (Å²) >= 11 is 0. The Kier molecular flexibility index (Phi) is 3.91. The summed E-state index contributed by atoms with van der Waals surface area (Å²) in [7, 11) is 0. The van der Waals surface area contributed by atoms with Crippen molar-refractivity contribution in [3.8, 4) is 5.69 Å². The molecule has 0 spiro atoms. The van der Waals surface area contributed by atoms with Crippen molar-refractivity contribution < 1.29 is 17.9 Å². The van der Waals surface area contributed by atoms with Crippen LogP contribution in [-0.4, -0.2) is 37.5 Å². The van der Waals surface area contributed by atoms with Crippen molar-refractivity contribution in [2.24, 2.45) is 0 Å². The molecule has 29 heavy (non-hydrogen) atoms. The smallest absolute Gasteiger partial charge is 0.379 e. The fourth-order valence-electron chi connectivity index (χ4n) is 3.58. The Morgan fingerprint density at radius 2 is 2.03 bits per heavy atom. The Labute approximate surface area is 161 Å². The van der Waals surface area contributed by atoms with Gasteiger partial charge in [0, 0.05) is 29.8 Å². The number of rotatable bonds is 2. The van der Waals surface area contributed by atoms with Gasteiger partial charge in [-0.15, -0.1) is 0 Å². The van der Waals surface area contributed by atoms with Gasteiger partial charge in [0.05, 0.1) is 24.5 Å². The quantitative estimate of drug-likeness (QED) is 0.516. The van der Waals surface area contributed by atoms with E-state index in [0.29, 0.717) is 29.7 Å². The van der Waals surface area contributed by atoms with E-state index >= 15 is 0 Å². The van der Waals surface area contributed by atoms with Crippen LogP contribution < -0.4 is 5.56 Å². The molecule has 0 aliphatic carbocycles. The maximum absolute atomic E-state index is 13.3. The minimum Gasteiger partial charge on any atom is -0.379 e. The average molecular weight is 401 g/mol. The summed E-state index contributed by atoms with van der Waals surface area (Å²) in [5.41, 5.74) is -1.24. The Morgan fingerprint density at radius 3 is 2.72 bits per heavy atom. The molecular weight excluding hydrogens is 387 g/mol. The van der Waals surface area contributed by atoms with Gasteiger partial charge in [-0.25, -0.2) is 4.98 Å². The van der Waals surface area contributed by atoms with E-state index < -0.39 is 17.4 Å². The van der Waals surface area contributed by atoms with E-state index in [4.69, 9.17) is 4.74 Å². The summed E-state index contributed by atoms with van der Waals surface area (Å²) in [6, 6.07) is 5.40. The number of halogens is 3. The van der Waals surface area contributed by atoms with E-state index in [1.807, 2.05) is 0 Å². The second-order valence-corrected chi connectivity index (χ2v) is 6.81. The number of pyridine rings is 3. The normalized spacial score (nSPS) is 17.4. The fraction of sp³-hybridized carbons (Fsp3) is 0.263. The van der Waals surface area contributed by atoms with Gasteiger partial charge in [-0.3, -0.25) is 19.0 Å². The molecule has 1 aliphatic heterocycles. The maximum Gasteiger partial charge on any atom is 0.433 e. The first-order valence-corrected chi connectivity index (χ1v) is 8.93. The van der Waals surface area contributed by atoms with Crippen molar-refractivity contribution in [3.05, 3.63) is 58.9 Å². The van der Waals surface area contributed by atoms with Crippen LogP contribution in [0.2, 0.25) is 0 Å². The molecule has 0 saturated carbocycles. The number of fused-ring (bicyclic) bond motifs is 3. The maximum atomic E-state index is 13.3. The van der Waals surface area contributed by atoms with Crippen molar-refractivity contribution in [1.82, 2.24) is 24.3 Å². The topological polar surface area (TPSA) is 74.8 Å². The van der Waals surface area contributed by atoms with Crippen LogP contribution in [0.3, 0.4) is 0 Å². The molecule has 4 aromatic heterocycles. The molecule has 1 unspecified atom stereocenters. The van der Waals surface area contributed by atoms with Crippen LogP contribution in [0.15, 0.2) is 47.7 Å². The zero-order chi connectivity index (χ0) is 20.2. The van der Waals surface area contributed by atoms with Gasteiger partial charge >= 0.3 is 6.18 Å². The van der Waals surface area contributed by atoms with Gasteiger partial charge in [0.1, 0.15) is 11.3 Å². The number of alkyl halides is 3. The van der Waals surface area contributed by atoms with Gasteiger partial charge in [-0.1, -0.05) is 0 Å². The average Bonchev–Trinajstić information content (AvgIpc) is 3.38.